The van der Waals surface area contributed by atoms with Crippen molar-refractivity contribution in [2.75, 3.05) is 6.61 Å². The minimum atomic E-state index is -0.730. The fourth-order valence-corrected chi connectivity index (χ4v) is 3.58. The molecule has 0 saturated heterocycles. The summed E-state index contributed by atoms with van der Waals surface area (Å²) in [6, 6.07) is 15.5. The fraction of sp³-hybridized carbons (Fsp3) is 0.0952. The summed E-state index contributed by atoms with van der Waals surface area (Å²) >= 11 is 6.93. The molecule has 0 unspecified atom stereocenters. The highest BCUT2D eigenvalue weighted by Crippen LogP contribution is 2.39. The Hall–Kier alpha value is -2.83. The zero-order valence-corrected chi connectivity index (χ0v) is 16.5. The van der Waals surface area contributed by atoms with E-state index in [1.54, 1.807) is 67.6 Å². The number of benzene rings is 2. The Morgan fingerprint density at radius 3 is 2.46 bits per heavy atom. The predicted octanol–water partition coefficient (Wildman–Crippen LogP) is 5.04. The molecule has 1 N–H and O–H groups in total. The Bertz CT molecular complexity index is 995. The van der Waals surface area contributed by atoms with Crippen LogP contribution in [0.2, 0.25) is 5.02 Å². The van der Waals surface area contributed by atoms with E-state index in [0.29, 0.717) is 15.5 Å². The van der Waals surface area contributed by atoms with E-state index >= 15 is 0 Å². The molecule has 0 bridgehead atoms. The summed E-state index contributed by atoms with van der Waals surface area (Å²) < 4.78 is 5.02. The molecule has 1 aliphatic heterocycles. The van der Waals surface area contributed by atoms with E-state index < -0.39 is 11.9 Å². The van der Waals surface area contributed by atoms with E-state index in [-0.39, 0.29) is 23.0 Å². The van der Waals surface area contributed by atoms with Crippen LogP contribution in [0.25, 0.3) is 6.08 Å². The molecule has 0 aliphatic carbocycles. The maximum absolute atomic E-state index is 12.4. The SMILES string of the molecule is CCOC(=O)C1=C(O)/C(=C/c2ccc(Cl)cc2)SC1=NC(=O)c1ccccc1. The third-order valence-electron chi connectivity index (χ3n) is 3.76. The maximum atomic E-state index is 12.4. The Balaban J connectivity index is 2.00. The molecular formula is C21H16ClNO4S. The predicted molar refractivity (Wildman–Crippen MR) is 112 cm³/mol. The molecule has 0 atom stereocenters. The normalized spacial score (nSPS) is 16.6. The van der Waals surface area contributed by atoms with Gasteiger partial charge in [0.2, 0.25) is 0 Å². The molecule has 28 heavy (non-hydrogen) atoms. The van der Waals surface area contributed by atoms with E-state index in [9.17, 15) is 14.7 Å². The monoisotopic (exact) mass is 413 g/mol. The number of hydrogen-bond donors (Lipinski definition) is 1. The second kappa shape index (κ2) is 8.91. The third-order valence-corrected chi connectivity index (χ3v) is 5.03. The zero-order chi connectivity index (χ0) is 20.1. The van der Waals surface area contributed by atoms with Crippen LogP contribution >= 0.6 is 23.4 Å². The van der Waals surface area contributed by atoms with E-state index in [1.165, 1.54) is 0 Å². The number of halogens is 1. The smallest absolute Gasteiger partial charge is 0.344 e. The molecule has 0 aromatic heterocycles. The molecule has 2 aromatic rings. The van der Waals surface area contributed by atoms with Gasteiger partial charge in [-0.1, -0.05) is 53.7 Å². The molecule has 0 spiro atoms. The summed E-state index contributed by atoms with van der Waals surface area (Å²) in [5.41, 5.74) is 1.04. The van der Waals surface area contributed by atoms with E-state index in [0.717, 1.165) is 17.3 Å². The first-order chi connectivity index (χ1) is 13.5. The van der Waals surface area contributed by atoms with Crippen LogP contribution in [0.5, 0.6) is 0 Å². The van der Waals surface area contributed by atoms with Crippen LogP contribution < -0.4 is 0 Å². The molecule has 142 valence electrons. The highest BCUT2D eigenvalue weighted by Gasteiger charge is 2.33. The van der Waals surface area contributed by atoms with Gasteiger partial charge in [0.25, 0.3) is 5.91 Å². The average molecular weight is 414 g/mol. The van der Waals surface area contributed by atoms with Gasteiger partial charge in [-0.05, 0) is 42.8 Å². The van der Waals surface area contributed by atoms with Gasteiger partial charge in [-0.2, -0.15) is 0 Å². The highest BCUT2D eigenvalue weighted by molar-refractivity contribution is 8.18. The molecule has 1 aliphatic rings. The molecule has 1 heterocycles. The average Bonchev–Trinajstić information content (AvgIpc) is 2.99. The number of aliphatic hydroxyl groups is 1. The molecule has 1 amide bonds. The van der Waals surface area contributed by atoms with Gasteiger partial charge in [-0.15, -0.1) is 0 Å². The number of ether oxygens (including phenoxy) is 1. The number of rotatable bonds is 4. The number of aliphatic imine (C=N–C) groups is 1. The van der Waals surface area contributed by atoms with E-state index in [1.807, 2.05) is 0 Å². The summed E-state index contributed by atoms with van der Waals surface area (Å²) in [7, 11) is 0. The first kappa shape index (κ1) is 19.9. The van der Waals surface area contributed by atoms with Crippen LogP contribution in [0.3, 0.4) is 0 Å². The van der Waals surface area contributed by atoms with Crippen molar-refractivity contribution in [3.8, 4) is 0 Å². The number of thioether (sulfide) groups is 1. The van der Waals surface area contributed by atoms with Crippen molar-refractivity contribution in [3.63, 3.8) is 0 Å². The van der Waals surface area contributed by atoms with Crippen molar-refractivity contribution in [3.05, 3.63) is 87.0 Å². The number of carbonyl (C=O) groups is 2. The topological polar surface area (TPSA) is 76.0 Å². The largest absolute Gasteiger partial charge is 0.506 e. The van der Waals surface area contributed by atoms with Crippen LogP contribution in [0.1, 0.15) is 22.8 Å². The van der Waals surface area contributed by atoms with Crippen LogP contribution in [-0.4, -0.2) is 28.6 Å². The summed E-state index contributed by atoms with van der Waals surface area (Å²) in [6.45, 7) is 1.80. The zero-order valence-electron chi connectivity index (χ0n) is 14.9. The van der Waals surface area contributed by atoms with Crippen molar-refractivity contribution >= 4 is 46.4 Å². The lowest BCUT2D eigenvalue weighted by Gasteiger charge is -2.03. The first-order valence-corrected chi connectivity index (χ1v) is 9.63. The number of aliphatic hydroxyl groups excluding tert-OH is 1. The molecule has 0 saturated carbocycles. The van der Waals surface area contributed by atoms with Gasteiger partial charge in [0.05, 0.1) is 11.5 Å². The lowest BCUT2D eigenvalue weighted by Crippen LogP contribution is -2.14. The van der Waals surface area contributed by atoms with Gasteiger partial charge in [-0.25, -0.2) is 9.79 Å². The molecule has 3 rings (SSSR count). The molecule has 0 fully saturated rings. The molecular weight excluding hydrogens is 398 g/mol. The van der Waals surface area contributed by atoms with Gasteiger partial charge in [0.1, 0.15) is 16.4 Å². The lowest BCUT2D eigenvalue weighted by atomic mass is 10.1. The highest BCUT2D eigenvalue weighted by atomic mass is 35.5. The second-order valence-corrected chi connectivity index (χ2v) is 7.16. The van der Waals surface area contributed by atoms with Crippen LogP contribution in [0.15, 0.2) is 75.8 Å². The van der Waals surface area contributed by atoms with E-state index in [2.05, 4.69) is 4.99 Å². The second-order valence-electron chi connectivity index (χ2n) is 5.69. The summed E-state index contributed by atoms with van der Waals surface area (Å²) in [6.07, 6.45) is 1.69. The van der Waals surface area contributed by atoms with Crippen molar-refractivity contribution in [1.82, 2.24) is 0 Å². The van der Waals surface area contributed by atoms with E-state index in [4.69, 9.17) is 16.3 Å². The van der Waals surface area contributed by atoms with Crippen LogP contribution in [-0.2, 0) is 9.53 Å². The Morgan fingerprint density at radius 2 is 1.82 bits per heavy atom. The quantitative estimate of drug-likeness (QED) is 0.710. The number of amides is 1. The van der Waals surface area contributed by atoms with Gasteiger partial charge in [0, 0.05) is 10.6 Å². The fourth-order valence-electron chi connectivity index (χ4n) is 2.44. The van der Waals surface area contributed by atoms with Gasteiger partial charge >= 0.3 is 5.97 Å². The van der Waals surface area contributed by atoms with Crippen molar-refractivity contribution in [2.45, 2.75) is 6.92 Å². The minimum Gasteiger partial charge on any atom is -0.506 e. The lowest BCUT2D eigenvalue weighted by molar-refractivity contribution is -0.138. The van der Waals surface area contributed by atoms with Gasteiger partial charge in [-0.3, -0.25) is 4.79 Å². The van der Waals surface area contributed by atoms with Crippen LogP contribution in [0, 0.1) is 0 Å². The molecule has 2 aromatic carbocycles. The third kappa shape index (κ3) is 4.52. The molecule has 0 radical (unpaired) electrons. The Morgan fingerprint density at radius 1 is 1.14 bits per heavy atom. The standard InChI is InChI=1S/C21H16ClNO4S/c1-2-27-21(26)17-18(24)16(12-13-8-10-15(22)11-9-13)28-20(17)23-19(25)14-6-4-3-5-7-14/h3-12,24H,2H2,1H3/b16-12-,23-20?. The summed E-state index contributed by atoms with van der Waals surface area (Å²) in [5.74, 6) is -1.50. The van der Waals surface area contributed by atoms with Crippen molar-refractivity contribution in [2.24, 2.45) is 4.99 Å². The summed E-state index contributed by atoms with van der Waals surface area (Å²) in [5, 5.41) is 11.3. The number of hydrogen-bond acceptors (Lipinski definition) is 5. The van der Waals surface area contributed by atoms with Gasteiger partial charge < -0.3 is 9.84 Å². The Kier molecular flexibility index (Phi) is 6.34. The number of nitrogens with zero attached hydrogens (tertiary/aromatic N) is 1. The number of esters is 1. The van der Waals surface area contributed by atoms with Crippen LogP contribution in [0.4, 0.5) is 0 Å². The van der Waals surface area contributed by atoms with Gasteiger partial charge in [0.15, 0.2) is 0 Å². The molecule has 7 heteroatoms. The first-order valence-electron chi connectivity index (χ1n) is 8.44. The Labute approximate surface area is 171 Å². The maximum Gasteiger partial charge on any atom is 0.344 e. The van der Waals surface area contributed by atoms with Crippen molar-refractivity contribution in [1.29, 1.82) is 0 Å². The minimum absolute atomic E-state index is 0.102. The summed E-state index contributed by atoms with van der Waals surface area (Å²) in [4.78, 5) is 29.2. The molecule has 5 nitrogen and oxygen atoms in total. The van der Waals surface area contributed by atoms with Crippen molar-refractivity contribution < 1.29 is 19.4 Å². The number of carbonyl (C=O) groups excluding carboxylic acids is 2.